The van der Waals surface area contributed by atoms with E-state index in [4.69, 9.17) is 10.5 Å². The number of halogens is 5. The quantitative estimate of drug-likeness (QED) is 0.141. The minimum Gasteiger partial charge on any atom is -0.265 e. The Morgan fingerprint density at radius 3 is 1.72 bits per heavy atom. The molecule has 0 atom stereocenters. The minimum absolute atomic E-state index is 0.0428. The van der Waals surface area contributed by atoms with Gasteiger partial charge in [0, 0.05) is 18.0 Å². The number of hydrogen-bond donors (Lipinski definition) is 0. The van der Waals surface area contributed by atoms with Crippen LogP contribution in [0.2, 0.25) is 0 Å². The molecule has 0 aliphatic heterocycles. The first-order chi connectivity index (χ1) is 22.2. The van der Waals surface area contributed by atoms with Crippen LogP contribution in [0.5, 0.6) is 0 Å². The molecular weight excluding hydrogens is 593 g/mol. The molecule has 5 rings (SSSR count). The van der Waals surface area contributed by atoms with Crippen molar-refractivity contribution in [2.24, 2.45) is 0 Å². The second-order valence-corrected chi connectivity index (χ2v) is 9.83. The lowest BCUT2D eigenvalue weighted by molar-refractivity contribution is 0.587. The molecule has 5 aromatic rings. The Balaban J connectivity index is 0.000000209. The molecule has 226 valence electrons. The summed E-state index contributed by atoms with van der Waals surface area (Å²) in [7, 11) is 0. The van der Waals surface area contributed by atoms with Gasteiger partial charge in [0.1, 0.15) is 41.2 Å². The molecule has 0 spiro atoms. The van der Waals surface area contributed by atoms with Crippen molar-refractivity contribution >= 4 is 5.57 Å². The summed E-state index contributed by atoms with van der Waals surface area (Å²) in [5.41, 5.74) is 2.81. The topological polar surface area (TPSA) is 60.5 Å². The van der Waals surface area contributed by atoms with E-state index in [9.17, 15) is 22.0 Å². The predicted molar refractivity (Wildman–Crippen MR) is 169 cm³/mol. The Labute approximate surface area is 263 Å². The molecule has 46 heavy (non-hydrogen) atoms. The Hall–Kier alpha value is -6.12. The maximum atomic E-state index is 14.4. The molecule has 8 heteroatoms. The molecule has 0 saturated heterocycles. The molecule has 0 radical (unpaired) electrons. The van der Waals surface area contributed by atoms with Crippen LogP contribution in [0, 0.1) is 51.7 Å². The molecule has 4 aromatic carbocycles. The van der Waals surface area contributed by atoms with Gasteiger partial charge in [0.05, 0.1) is 16.7 Å². The van der Waals surface area contributed by atoms with Crippen molar-refractivity contribution in [2.75, 3.05) is 0 Å². The molecule has 0 bridgehead atoms. The Kier molecular flexibility index (Phi) is 10.7. The van der Waals surface area contributed by atoms with E-state index in [-0.39, 0.29) is 22.3 Å². The first kappa shape index (κ1) is 32.8. The average molecular weight is 618 g/mol. The van der Waals surface area contributed by atoms with Crippen LogP contribution in [0.4, 0.5) is 22.0 Å². The zero-order valence-corrected chi connectivity index (χ0v) is 24.4. The summed E-state index contributed by atoms with van der Waals surface area (Å²) >= 11 is 0. The molecule has 1 heterocycles. The third kappa shape index (κ3) is 7.68. The SMILES string of the molecule is C=C/C=C\C=C(/C)c1cc(F)c(-c2ccc(C#N)c(F)c2)c(F)c1.N#Cc1ccc(-c2ccc(-c3ccncc3)cc2F)cc1F. The molecule has 0 N–H and O–H groups in total. The number of allylic oxidation sites excluding steroid dienone is 5. The van der Waals surface area contributed by atoms with Crippen LogP contribution in [0.15, 0.2) is 122 Å². The third-order valence-electron chi connectivity index (χ3n) is 6.85. The highest BCUT2D eigenvalue weighted by atomic mass is 19.1. The lowest BCUT2D eigenvalue weighted by Gasteiger charge is -2.09. The van der Waals surface area contributed by atoms with Gasteiger partial charge in [-0.25, -0.2) is 22.0 Å². The molecule has 1 aromatic heterocycles. The molecule has 0 fully saturated rings. The number of rotatable bonds is 6. The number of pyridine rings is 1. The van der Waals surface area contributed by atoms with Gasteiger partial charge >= 0.3 is 0 Å². The predicted octanol–water partition coefficient (Wildman–Crippen LogP) is 10.4. The molecule has 0 saturated carbocycles. The maximum Gasteiger partial charge on any atom is 0.141 e. The Morgan fingerprint density at radius 2 is 1.17 bits per heavy atom. The highest BCUT2D eigenvalue weighted by Gasteiger charge is 2.16. The van der Waals surface area contributed by atoms with Gasteiger partial charge in [0.25, 0.3) is 0 Å². The van der Waals surface area contributed by atoms with Crippen molar-refractivity contribution in [2.45, 2.75) is 6.92 Å². The summed E-state index contributed by atoms with van der Waals surface area (Å²) in [6.07, 6.45) is 9.98. The van der Waals surface area contributed by atoms with Gasteiger partial charge in [0.2, 0.25) is 0 Å². The molecule has 3 nitrogen and oxygen atoms in total. The van der Waals surface area contributed by atoms with Gasteiger partial charge < -0.3 is 0 Å². The summed E-state index contributed by atoms with van der Waals surface area (Å²) in [6, 6.07) is 21.7. The van der Waals surface area contributed by atoms with E-state index >= 15 is 0 Å². The van der Waals surface area contributed by atoms with E-state index in [2.05, 4.69) is 11.6 Å². The molecular formula is C38H24F5N3. The van der Waals surface area contributed by atoms with Crippen molar-refractivity contribution in [1.29, 1.82) is 10.5 Å². The van der Waals surface area contributed by atoms with Crippen LogP contribution in [-0.4, -0.2) is 4.98 Å². The van der Waals surface area contributed by atoms with E-state index < -0.39 is 29.1 Å². The van der Waals surface area contributed by atoms with Gasteiger partial charge in [-0.1, -0.05) is 55.1 Å². The molecule has 0 aliphatic rings. The van der Waals surface area contributed by atoms with Crippen molar-refractivity contribution in [3.8, 4) is 45.5 Å². The second-order valence-electron chi connectivity index (χ2n) is 9.83. The number of aromatic nitrogens is 1. The van der Waals surface area contributed by atoms with E-state index in [0.29, 0.717) is 22.3 Å². The van der Waals surface area contributed by atoms with E-state index in [0.717, 1.165) is 17.2 Å². The van der Waals surface area contributed by atoms with Gasteiger partial charge in [-0.2, -0.15) is 10.5 Å². The smallest absolute Gasteiger partial charge is 0.141 e. The van der Waals surface area contributed by atoms with E-state index in [1.165, 1.54) is 48.5 Å². The van der Waals surface area contributed by atoms with Crippen LogP contribution in [0.1, 0.15) is 23.6 Å². The first-order valence-corrected chi connectivity index (χ1v) is 13.7. The highest BCUT2D eigenvalue weighted by molar-refractivity contribution is 5.73. The third-order valence-corrected chi connectivity index (χ3v) is 6.85. The van der Waals surface area contributed by atoms with Crippen LogP contribution < -0.4 is 0 Å². The molecule has 0 amide bonds. The van der Waals surface area contributed by atoms with Crippen molar-refractivity contribution in [1.82, 2.24) is 4.98 Å². The molecule has 0 unspecified atom stereocenters. The van der Waals surface area contributed by atoms with Crippen molar-refractivity contribution < 1.29 is 22.0 Å². The lowest BCUT2D eigenvalue weighted by atomic mass is 9.98. The fraction of sp³-hybridized carbons (Fsp3) is 0.0263. The number of nitriles is 2. The minimum atomic E-state index is -0.816. The van der Waals surface area contributed by atoms with Crippen LogP contribution in [0.25, 0.3) is 39.0 Å². The molecule has 0 aliphatic carbocycles. The Bertz CT molecular complexity index is 2030. The van der Waals surface area contributed by atoms with E-state index in [1.54, 1.807) is 80.0 Å². The van der Waals surface area contributed by atoms with Gasteiger partial charge in [-0.3, -0.25) is 4.98 Å². The fourth-order valence-electron chi connectivity index (χ4n) is 4.46. The van der Waals surface area contributed by atoms with Crippen molar-refractivity contribution in [3.63, 3.8) is 0 Å². The standard InChI is InChI=1S/C20H14F3N.C18H10F2N2/c1-3-4-5-6-13(2)16-10-18(22)20(19(23)11-16)14-7-8-15(12-24)17(21)9-14;19-17-10-14(1-2-15(17)11-21)16-4-3-13(9-18(16)20)12-5-7-22-8-6-12/h3-11H,1H2,2H3;1-10H/b5-4-,13-6+;. The first-order valence-electron chi connectivity index (χ1n) is 13.7. The normalized spacial score (nSPS) is 10.9. The maximum absolute atomic E-state index is 14.4. The zero-order valence-electron chi connectivity index (χ0n) is 24.4. The van der Waals surface area contributed by atoms with Gasteiger partial charge in [-0.05, 0) is 94.9 Å². The average Bonchev–Trinajstić information content (AvgIpc) is 3.05. The number of benzene rings is 4. The number of nitrogens with zero attached hydrogens (tertiary/aromatic N) is 3. The summed E-state index contributed by atoms with van der Waals surface area (Å²) in [6.45, 7) is 5.26. The van der Waals surface area contributed by atoms with Gasteiger partial charge in [-0.15, -0.1) is 0 Å². The van der Waals surface area contributed by atoms with Crippen LogP contribution in [-0.2, 0) is 0 Å². The monoisotopic (exact) mass is 617 g/mol. The van der Waals surface area contributed by atoms with Crippen molar-refractivity contribution in [3.05, 3.63) is 168 Å². The van der Waals surface area contributed by atoms with Crippen LogP contribution >= 0.6 is 0 Å². The Morgan fingerprint density at radius 1 is 0.630 bits per heavy atom. The number of hydrogen-bond acceptors (Lipinski definition) is 3. The summed E-state index contributed by atoms with van der Waals surface area (Å²) in [5, 5.41) is 17.4. The van der Waals surface area contributed by atoms with Crippen LogP contribution in [0.3, 0.4) is 0 Å². The summed E-state index contributed by atoms with van der Waals surface area (Å²) < 4.78 is 70.4. The van der Waals surface area contributed by atoms with Gasteiger partial charge in [0.15, 0.2) is 0 Å². The highest BCUT2D eigenvalue weighted by Crippen LogP contribution is 2.31. The van der Waals surface area contributed by atoms with E-state index in [1.807, 2.05) is 0 Å². The largest absolute Gasteiger partial charge is 0.265 e. The lowest BCUT2D eigenvalue weighted by Crippen LogP contribution is -1.95. The fourth-order valence-corrected chi connectivity index (χ4v) is 4.46. The summed E-state index contributed by atoms with van der Waals surface area (Å²) in [4.78, 5) is 3.92. The summed E-state index contributed by atoms with van der Waals surface area (Å²) in [5.74, 6) is -3.51. The zero-order chi connectivity index (χ0) is 33.2. The second kappa shape index (κ2) is 15.1.